The minimum atomic E-state index is -0.299. The number of hydrogen-bond donors (Lipinski definition) is 2. The van der Waals surface area contributed by atoms with Crippen LogP contribution in [0.25, 0.3) is 0 Å². The lowest BCUT2D eigenvalue weighted by Crippen LogP contribution is -2.21. The van der Waals surface area contributed by atoms with Crippen LogP contribution in [0.3, 0.4) is 0 Å². The Hall–Kier alpha value is -3.02. The predicted octanol–water partition coefficient (Wildman–Crippen LogP) is 3.23. The van der Waals surface area contributed by atoms with Gasteiger partial charge in [0.05, 0.1) is 11.8 Å². The Bertz CT molecular complexity index is 880. The van der Waals surface area contributed by atoms with Crippen LogP contribution in [0.5, 0.6) is 11.5 Å². The fourth-order valence-electron chi connectivity index (χ4n) is 3.31. The highest BCUT2D eigenvalue weighted by Crippen LogP contribution is 2.41. The summed E-state index contributed by atoms with van der Waals surface area (Å²) in [6, 6.07) is 13.0. The number of rotatable bonds is 5. The quantitative estimate of drug-likeness (QED) is 0.852. The maximum Gasteiger partial charge on any atom is 0.228 e. The number of para-hydroxylation sites is 1. The molecule has 140 valence electrons. The van der Waals surface area contributed by atoms with Crippen molar-refractivity contribution < 1.29 is 19.1 Å². The number of fused-ring (bicyclic) bond motifs is 1. The van der Waals surface area contributed by atoms with Gasteiger partial charge in [-0.3, -0.25) is 9.59 Å². The molecule has 27 heavy (non-hydrogen) atoms. The van der Waals surface area contributed by atoms with E-state index in [0.29, 0.717) is 36.8 Å². The first-order valence-corrected chi connectivity index (χ1v) is 9.25. The van der Waals surface area contributed by atoms with Crippen LogP contribution in [-0.4, -0.2) is 25.0 Å². The molecule has 2 atom stereocenters. The molecule has 0 spiro atoms. The van der Waals surface area contributed by atoms with Gasteiger partial charge >= 0.3 is 0 Å². The molecule has 1 fully saturated rings. The summed E-state index contributed by atoms with van der Waals surface area (Å²) in [6.45, 7) is 3.07. The van der Waals surface area contributed by atoms with E-state index in [0.717, 1.165) is 17.7 Å². The molecule has 0 saturated heterocycles. The van der Waals surface area contributed by atoms with Crippen LogP contribution in [0.2, 0.25) is 0 Å². The van der Waals surface area contributed by atoms with Crippen molar-refractivity contribution in [3.63, 3.8) is 0 Å². The minimum absolute atomic E-state index is 0.0989. The molecule has 4 rings (SSSR count). The van der Waals surface area contributed by atoms with Gasteiger partial charge in [0.2, 0.25) is 11.8 Å². The molecule has 2 amide bonds. The number of nitrogens with one attached hydrogen (secondary N) is 2. The molecule has 6 nitrogen and oxygen atoms in total. The van der Waals surface area contributed by atoms with Crippen LogP contribution in [0.4, 0.5) is 11.4 Å². The van der Waals surface area contributed by atoms with E-state index >= 15 is 0 Å². The molecule has 0 bridgehead atoms. The zero-order chi connectivity index (χ0) is 18.8. The topological polar surface area (TPSA) is 76.7 Å². The second-order valence-corrected chi connectivity index (χ2v) is 6.80. The lowest BCUT2D eigenvalue weighted by Gasteiger charge is -2.19. The smallest absolute Gasteiger partial charge is 0.228 e. The highest BCUT2D eigenvalue weighted by atomic mass is 16.6. The van der Waals surface area contributed by atoms with Crippen LogP contribution in [0.15, 0.2) is 42.5 Å². The molecule has 1 aliphatic heterocycles. The van der Waals surface area contributed by atoms with Crippen molar-refractivity contribution in [2.75, 3.05) is 23.8 Å². The number of benzene rings is 2. The van der Waals surface area contributed by atoms with Crippen LogP contribution >= 0.6 is 0 Å². The lowest BCUT2D eigenvalue weighted by molar-refractivity contribution is -0.122. The number of anilines is 2. The summed E-state index contributed by atoms with van der Waals surface area (Å²) in [5, 5.41) is 5.83. The fraction of sp³-hybridized carbons (Fsp3) is 0.333. The van der Waals surface area contributed by atoms with E-state index in [2.05, 4.69) is 10.6 Å². The summed E-state index contributed by atoms with van der Waals surface area (Å²) in [6.07, 6.45) is 1.41. The van der Waals surface area contributed by atoms with Gasteiger partial charge in [0.1, 0.15) is 13.2 Å². The molecule has 1 heterocycles. The molecule has 2 unspecified atom stereocenters. The van der Waals surface area contributed by atoms with Crippen molar-refractivity contribution in [3.8, 4) is 11.5 Å². The van der Waals surface area contributed by atoms with E-state index in [1.807, 2.05) is 31.2 Å². The van der Waals surface area contributed by atoms with Gasteiger partial charge in [-0.15, -0.1) is 0 Å². The van der Waals surface area contributed by atoms with Crippen molar-refractivity contribution in [1.29, 1.82) is 0 Å². The Kier molecular flexibility index (Phi) is 4.71. The average molecular weight is 366 g/mol. The van der Waals surface area contributed by atoms with E-state index in [-0.39, 0.29) is 23.7 Å². The first kappa shape index (κ1) is 17.4. The molecule has 0 radical (unpaired) electrons. The zero-order valence-corrected chi connectivity index (χ0v) is 15.2. The van der Waals surface area contributed by atoms with Gasteiger partial charge in [-0.05, 0) is 36.6 Å². The number of carbonyl (C=O) groups is 2. The number of ether oxygens (including phenoxy) is 2. The lowest BCUT2D eigenvalue weighted by atomic mass is 10.1. The highest BCUT2D eigenvalue weighted by Gasteiger charge is 2.48. The molecular weight excluding hydrogens is 344 g/mol. The van der Waals surface area contributed by atoms with Gasteiger partial charge in [-0.25, -0.2) is 0 Å². The third kappa shape index (κ3) is 3.74. The summed E-state index contributed by atoms with van der Waals surface area (Å²) in [5.74, 6) is 0.478. The molecule has 0 aromatic heterocycles. The Morgan fingerprint density at radius 3 is 2.44 bits per heavy atom. The Morgan fingerprint density at radius 2 is 1.67 bits per heavy atom. The van der Waals surface area contributed by atoms with Gasteiger partial charge in [0.25, 0.3) is 0 Å². The van der Waals surface area contributed by atoms with Gasteiger partial charge in [-0.2, -0.15) is 0 Å². The number of amides is 2. The second-order valence-electron chi connectivity index (χ2n) is 6.80. The number of aryl methyl sites for hydroxylation is 1. The minimum Gasteiger partial charge on any atom is -0.486 e. The summed E-state index contributed by atoms with van der Waals surface area (Å²) in [5.41, 5.74) is 2.55. The molecule has 2 N–H and O–H groups in total. The van der Waals surface area contributed by atoms with Crippen molar-refractivity contribution in [3.05, 3.63) is 48.0 Å². The van der Waals surface area contributed by atoms with E-state index < -0.39 is 0 Å². The van der Waals surface area contributed by atoms with Gasteiger partial charge in [0, 0.05) is 17.4 Å². The van der Waals surface area contributed by atoms with E-state index in [4.69, 9.17) is 9.47 Å². The summed E-state index contributed by atoms with van der Waals surface area (Å²) >= 11 is 0. The third-order valence-electron chi connectivity index (χ3n) is 4.93. The maximum absolute atomic E-state index is 12.5. The molecule has 2 aliphatic rings. The summed E-state index contributed by atoms with van der Waals surface area (Å²) in [4.78, 5) is 24.9. The standard InChI is InChI=1S/C21H22N2O4/c1-2-13-5-3-4-6-17(13)23-21(25)16-12-15(16)20(24)22-14-7-8-18-19(11-14)27-10-9-26-18/h3-8,11,15-16H,2,9-10,12H2,1H3,(H,22,24)(H,23,25). The Morgan fingerprint density at radius 1 is 0.963 bits per heavy atom. The Balaban J connectivity index is 1.35. The second kappa shape index (κ2) is 7.31. The number of hydrogen-bond acceptors (Lipinski definition) is 4. The molecule has 2 aromatic rings. The normalized spacial score (nSPS) is 19.9. The molecule has 6 heteroatoms. The van der Waals surface area contributed by atoms with Crippen LogP contribution in [0.1, 0.15) is 18.9 Å². The van der Waals surface area contributed by atoms with Gasteiger partial charge in [0.15, 0.2) is 11.5 Å². The van der Waals surface area contributed by atoms with E-state index in [9.17, 15) is 9.59 Å². The fourth-order valence-corrected chi connectivity index (χ4v) is 3.31. The molecule has 2 aromatic carbocycles. The van der Waals surface area contributed by atoms with Crippen LogP contribution < -0.4 is 20.1 Å². The largest absolute Gasteiger partial charge is 0.486 e. The van der Waals surface area contributed by atoms with Crippen LogP contribution in [-0.2, 0) is 16.0 Å². The van der Waals surface area contributed by atoms with Crippen LogP contribution in [0, 0.1) is 11.8 Å². The summed E-state index contributed by atoms with van der Waals surface area (Å²) < 4.78 is 11.0. The highest BCUT2D eigenvalue weighted by molar-refractivity contribution is 6.03. The van der Waals surface area contributed by atoms with Crippen molar-refractivity contribution in [2.45, 2.75) is 19.8 Å². The monoisotopic (exact) mass is 366 g/mol. The maximum atomic E-state index is 12.5. The van der Waals surface area contributed by atoms with Gasteiger partial charge < -0.3 is 20.1 Å². The molecule has 1 saturated carbocycles. The van der Waals surface area contributed by atoms with Crippen molar-refractivity contribution >= 4 is 23.2 Å². The third-order valence-corrected chi connectivity index (χ3v) is 4.93. The van der Waals surface area contributed by atoms with Crippen molar-refractivity contribution in [1.82, 2.24) is 0 Å². The number of carbonyl (C=O) groups excluding carboxylic acids is 2. The average Bonchev–Trinajstić information content (AvgIpc) is 3.49. The zero-order valence-electron chi connectivity index (χ0n) is 15.2. The predicted molar refractivity (Wildman–Crippen MR) is 102 cm³/mol. The van der Waals surface area contributed by atoms with Crippen molar-refractivity contribution in [2.24, 2.45) is 11.8 Å². The first-order valence-electron chi connectivity index (χ1n) is 9.25. The first-order chi connectivity index (χ1) is 13.2. The van der Waals surface area contributed by atoms with E-state index in [1.54, 1.807) is 18.2 Å². The van der Waals surface area contributed by atoms with E-state index in [1.165, 1.54) is 0 Å². The Labute approximate surface area is 157 Å². The summed E-state index contributed by atoms with van der Waals surface area (Å²) in [7, 11) is 0. The molecule has 1 aliphatic carbocycles. The van der Waals surface area contributed by atoms with Gasteiger partial charge in [-0.1, -0.05) is 25.1 Å². The molecular formula is C21H22N2O4. The SMILES string of the molecule is CCc1ccccc1NC(=O)C1CC1C(=O)Nc1ccc2c(c1)OCCO2.